The highest BCUT2D eigenvalue weighted by Crippen LogP contribution is 2.34. The topological polar surface area (TPSA) is 15.3 Å². The number of hydrogen-bond donors (Lipinski definition) is 1. The molecule has 2 fully saturated rings. The van der Waals surface area contributed by atoms with Crippen molar-refractivity contribution in [1.29, 1.82) is 0 Å². The lowest BCUT2D eigenvalue weighted by Crippen LogP contribution is -2.62. The summed E-state index contributed by atoms with van der Waals surface area (Å²) >= 11 is 0. The van der Waals surface area contributed by atoms with Crippen LogP contribution in [-0.2, 0) is 0 Å². The molecule has 1 spiro atoms. The minimum Gasteiger partial charge on any atom is -0.366 e. The van der Waals surface area contributed by atoms with Gasteiger partial charge in [0.1, 0.15) is 0 Å². The zero-order valence-corrected chi connectivity index (χ0v) is 10.7. The highest BCUT2D eigenvalue weighted by atomic mass is 15.3. The van der Waals surface area contributed by atoms with Crippen LogP contribution in [0.3, 0.4) is 0 Å². The molecule has 1 aromatic rings. The summed E-state index contributed by atoms with van der Waals surface area (Å²) in [5.41, 5.74) is 1.79. The van der Waals surface area contributed by atoms with Crippen molar-refractivity contribution < 1.29 is 0 Å². The van der Waals surface area contributed by atoms with Crippen LogP contribution >= 0.6 is 0 Å². The fourth-order valence-corrected chi connectivity index (χ4v) is 3.36. The van der Waals surface area contributed by atoms with Crippen LogP contribution in [0.2, 0.25) is 0 Å². The van der Waals surface area contributed by atoms with Crippen LogP contribution in [-0.4, -0.2) is 24.7 Å². The van der Waals surface area contributed by atoms with Crippen LogP contribution in [0.15, 0.2) is 30.3 Å². The van der Waals surface area contributed by atoms with Crippen LogP contribution in [0.5, 0.6) is 0 Å². The van der Waals surface area contributed by atoms with Crippen LogP contribution in [0.25, 0.3) is 0 Å². The van der Waals surface area contributed by atoms with E-state index in [0.717, 1.165) is 6.54 Å². The summed E-state index contributed by atoms with van der Waals surface area (Å²) in [4.78, 5) is 2.59. The highest BCUT2D eigenvalue weighted by molar-refractivity contribution is 5.48. The van der Waals surface area contributed by atoms with E-state index in [4.69, 9.17) is 0 Å². The van der Waals surface area contributed by atoms with Gasteiger partial charge in [0, 0.05) is 30.4 Å². The first-order valence-corrected chi connectivity index (χ1v) is 6.86. The van der Waals surface area contributed by atoms with Gasteiger partial charge in [0.25, 0.3) is 0 Å². The average molecular weight is 230 g/mol. The second-order valence-electron chi connectivity index (χ2n) is 5.68. The third kappa shape index (κ3) is 2.06. The molecule has 17 heavy (non-hydrogen) atoms. The lowest BCUT2D eigenvalue weighted by atomic mass is 9.92. The molecule has 2 heteroatoms. The maximum Gasteiger partial charge on any atom is 0.0387 e. The van der Waals surface area contributed by atoms with E-state index in [1.165, 1.54) is 37.9 Å². The fourth-order valence-electron chi connectivity index (χ4n) is 3.36. The van der Waals surface area contributed by atoms with Gasteiger partial charge in [-0.25, -0.2) is 0 Å². The van der Waals surface area contributed by atoms with Crippen LogP contribution < -0.4 is 10.2 Å². The highest BCUT2D eigenvalue weighted by Gasteiger charge is 2.39. The number of anilines is 1. The predicted molar refractivity (Wildman–Crippen MR) is 72.5 cm³/mol. The second-order valence-corrected chi connectivity index (χ2v) is 5.68. The standard InChI is InChI=1S/C15H22N2/c1-13-11-16-15(9-5-6-10-15)12-17(13)14-7-3-2-4-8-14/h2-4,7-8,13,16H,5-6,9-12H2,1H3. The van der Waals surface area contributed by atoms with Crippen molar-refractivity contribution in [3.8, 4) is 0 Å². The molecule has 92 valence electrons. The van der Waals surface area contributed by atoms with E-state index in [0.29, 0.717) is 11.6 Å². The quantitative estimate of drug-likeness (QED) is 0.798. The normalized spacial score (nSPS) is 27.6. The summed E-state index contributed by atoms with van der Waals surface area (Å²) in [6.07, 6.45) is 5.49. The largest absolute Gasteiger partial charge is 0.366 e. The van der Waals surface area contributed by atoms with Crippen molar-refractivity contribution >= 4 is 5.69 Å². The van der Waals surface area contributed by atoms with Gasteiger partial charge in [-0.1, -0.05) is 31.0 Å². The molecule has 1 saturated heterocycles. The predicted octanol–water partition coefficient (Wildman–Crippen LogP) is 2.80. The van der Waals surface area contributed by atoms with Crippen LogP contribution in [0.1, 0.15) is 32.6 Å². The number of hydrogen-bond acceptors (Lipinski definition) is 2. The number of piperazine rings is 1. The zero-order valence-electron chi connectivity index (χ0n) is 10.7. The Morgan fingerprint density at radius 3 is 2.59 bits per heavy atom. The second kappa shape index (κ2) is 4.34. The van der Waals surface area contributed by atoms with Gasteiger partial charge in [0.15, 0.2) is 0 Å². The summed E-state index contributed by atoms with van der Waals surface area (Å²) in [6.45, 7) is 4.62. The third-order valence-corrected chi connectivity index (χ3v) is 4.43. The Morgan fingerprint density at radius 2 is 1.88 bits per heavy atom. The molecule has 3 rings (SSSR count). The number of benzene rings is 1. The molecule has 0 radical (unpaired) electrons. The molecule has 1 N–H and O–H groups in total. The third-order valence-electron chi connectivity index (χ3n) is 4.43. The number of para-hydroxylation sites is 1. The number of nitrogens with zero attached hydrogens (tertiary/aromatic N) is 1. The molecule has 0 bridgehead atoms. The fraction of sp³-hybridized carbons (Fsp3) is 0.600. The smallest absolute Gasteiger partial charge is 0.0387 e. The zero-order chi connectivity index (χ0) is 11.7. The van der Waals surface area contributed by atoms with E-state index in [2.05, 4.69) is 47.5 Å². The molecule has 1 heterocycles. The van der Waals surface area contributed by atoms with Crippen LogP contribution in [0.4, 0.5) is 5.69 Å². The van der Waals surface area contributed by atoms with Gasteiger partial charge in [-0.2, -0.15) is 0 Å². The van der Waals surface area contributed by atoms with Gasteiger partial charge in [0.05, 0.1) is 0 Å². The molecule has 1 aromatic carbocycles. The number of rotatable bonds is 1. The maximum absolute atomic E-state index is 3.80. The molecule has 2 aliphatic rings. The summed E-state index contributed by atoms with van der Waals surface area (Å²) in [5.74, 6) is 0. The minimum absolute atomic E-state index is 0.405. The van der Waals surface area contributed by atoms with E-state index in [1.54, 1.807) is 0 Å². The molecular weight excluding hydrogens is 208 g/mol. The Balaban J connectivity index is 1.83. The first kappa shape index (κ1) is 11.1. The minimum atomic E-state index is 0.405. The van der Waals surface area contributed by atoms with Gasteiger partial charge in [-0.05, 0) is 31.9 Å². The lowest BCUT2D eigenvalue weighted by Gasteiger charge is -2.46. The molecule has 2 nitrogen and oxygen atoms in total. The Kier molecular flexibility index (Phi) is 2.83. The Hall–Kier alpha value is -1.02. The van der Waals surface area contributed by atoms with Gasteiger partial charge in [0.2, 0.25) is 0 Å². The molecule has 1 aliphatic heterocycles. The number of nitrogens with one attached hydrogen (secondary N) is 1. The molecule has 1 saturated carbocycles. The first-order valence-electron chi connectivity index (χ1n) is 6.86. The van der Waals surface area contributed by atoms with E-state index in [9.17, 15) is 0 Å². The average Bonchev–Trinajstić information content (AvgIpc) is 2.82. The maximum atomic E-state index is 3.80. The Morgan fingerprint density at radius 1 is 1.18 bits per heavy atom. The summed E-state index contributed by atoms with van der Waals surface area (Å²) < 4.78 is 0. The summed E-state index contributed by atoms with van der Waals surface area (Å²) in [5, 5.41) is 3.80. The summed E-state index contributed by atoms with van der Waals surface area (Å²) in [6, 6.07) is 11.5. The van der Waals surface area contributed by atoms with E-state index in [-0.39, 0.29) is 0 Å². The van der Waals surface area contributed by atoms with Crippen molar-refractivity contribution in [2.24, 2.45) is 0 Å². The Labute approximate surface area is 104 Å². The molecule has 1 aliphatic carbocycles. The van der Waals surface area contributed by atoms with Gasteiger partial charge in [-0.3, -0.25) is 0 Å². The molecular formula is C15H22N2. The van der Waals surface area contributed by atoms with E-state index >= 15 is 0 Å². The van der Waals surface area contributed by atoms with Gasteiger partial charge < -0.3 is 10.2 Å². The monoisotopic (exact) mass is 230 g/mol. The molecule has 1 unspecified atom stereocenters. The van der Waals surface area contributed by atoms with Crippen molar-refractivity contribution in [1.82, 2.24) is 5.32 Å². The van der Waals surface area contributed by atoms with E-state index < -0.39 is 0 Å². The molecule has 1 atom stereocenters. The Bertz CT molecular complexity index is 368. The van der Waals surface area contributed by atoms with Crippen molar-refractivity contribution in [3.63, 3.8) is 0 Å². The van der Waals surface area contributed by atoms with Gasteiger partial charge >= 0.3 is 0 Å². The van der Waals surface area contributed by atoms with Crippen molar-refractivity contribution in [2.75, 3.05) is 18.0 Å². The SMILES string of the molecule is CC1CNC2(CCCC2)CN1c1ccccc1. The molecule has 0 amide bonds. The summed E-state index contributed by atoms with van der Waals surface area (Å²) in [7, 11) is 0. The first-order chi connectivity index (χ1) is 8.29. The van der Waals surface area contributed by atoms with Crippen molar-refractivity contribution in [3.05, 3.63) is 30.3 Å². The van der Waals surface area contributed by atoms with E-state index in [1.807, 2.05) is 0 Å². The van der Waals surface area contributed by atoms with Gasteiger partial charge in [-0.15, -0.1) is 0 Å². The molecule has 0 aromatic heterocycles. The van der Waals surface area contributed by atoms with Crippen LogP contribution in [0, 0.1) is 0 Å². The van der Waals surface area contributed by atoms with Crippen molar-refractivity contribution in [2.45, 2.75) is 44.2 Å². The lowest BCUT2D eigenvalue weighted by molar-refractivity contribution is 0.276.